The van der Waals surface area contributed by atoms with E-state index in [9.17, 15) is 22.8 Å². The Kier molecular flexibility index (Phi) is 6.78. The number of carbonyl (C=O) groups excluding carboxylic acids is 2. The predicted molar refractivity (Wildman–Crippen MR) is 118 cm³/mol. The lowest BCUT2D eigenvalue weighted by Gasteiger charge is -2.26. The monoisotopic (exact) mass is 476 g/mol. The average molecular weight is 476 g/mol. The third-order valence-electron chi connectivity index (χ3n) is 5.42. The van der Waals surface area contributed by atoms with Gasteiger partial charge in [-0.2, -0.15) is 13.2 Å². The molecular formula is C24H23F3N2O5. The molecule has 0 atom stereocenters. The number of morpholine rings is 1. The van der Waals surface area contributed by atoms with Crippen molar-refractivity contribution in [3.63, 3.8) is 0 Å². The van der Waals surface area contributed by atoms with E-state index in [4.69, 9.17) is 14.2 Å². The van der Waals surface area contributed by atoms with Crippen molar-refractivity contribution in [1.29, 1.82) is 0 Å². The lowest BCUT2D eigenvalue weighted by molar-refractivity contribution is -0.138. The maximum atomic E-state index is 13.0. The number of hydrogen-bond acceptors (Lipinski definition) is 5. The molecule has 1 N–H and O–H groups in total. The molecule has 1 fully saturated rings. The molecule has 1 saturated heterocycles. The highest BCUT2D eigenvalue weighted by Crippen LogP contribution is 2.39. The van der Waals surface area contributed by atoms with E-state index in [-0.39, 0.29) is 23.8 Å². The molecule has 7 nitrogen and oxygen atoms in total. The summed E-state index contributed by atoms with van der Waals surface area (Å²) < 4.78 is 55.5. The molecule has 0 radical (unpaired) electrons. The minimum Gasteiger partial charge on any atom is -0.490 e. The van der Waals surface area contributed by atoms with Crippen LogP contribution in [-0.2, 0) is 20.5 Å². The second-order valence-electron chi connectivity index (χ2n) is 7.69. The van der Waals surface area contributed by atoms with E-state index in [2.05, 4.69) is 5.32 Å². The fraction of sp³-hybridized carbons (Fsp3) is 0.333. The van der Waals surface area contributed by atoms with E-state index in [1.807, 2.05) is 0 Å². The van der Waals surface area contributed by atoms with Gasteiger partial charge < -0.3 is 24.4 Å². The van der Waals surface area contributed by atoms with Crippen molar-refractivity contribution in [3.8, 4) is 11.5 Å². The summed E-state index contributed by atoms with van der Waals surface area (Å²) in [4.78, 5) is 26.5. The number of alkyl halides is 3. The summed E-state index contributed by atoms with van der Waals surface area (Å²) >= 11 is 0. The maximum absolute atomic E-state index is 13.0. The van der Waals surface area contributed by atoms with Crippen molar-refractivity contribution >= 4 is 29.2 Å². The molecule has 34 heavy (non-hydrogen) atoms. The molecule has 2 amide bonds. The first-order valence-electron chi connectivity index (χ1n) is 10.8. The quantitative estimate of drug-likeness (QED) is 0.642. The number of hydrogen-bond donors (Lipinski definition) is 1. The van der Waals surface area contributed by atoms with Crippen LogP contribution in [0.25, 0.3) is 11.6 Å². The Hall–Kier alpha value is -3.53. The fourth-order valence-electron chi connectivity index (χ4n) is 3.73. The molecule has 2 aliphatic heterocycles. The normalized spacial score (nSPS) is 16.9. The van der Waals surface area contributed by atoms with Gasteiger partial charge in [0.2, 0.25) is 0 Å². The van der Waals surface area contributed by atoms with Gasteiger partial charge in [0.25, 0.3) is 11.8 Å². The minimum absolute atomic E-state index is 0.109. The number of nitrogens with zero attached hydrogens (tertiary/aromatic N) is 1. The van der Waals surface area contributed by atoms with E-state index in [1.54, 1.807) is 36.1 Å². The number of ether oxygens (including phenoxy) is 3. The summed E-state index contributed by atoms with van der Waals surface area (Å²) in [6.07, 6.45) is -2.93. The molecule has 0 aromatic heterocycles. The summed E-state index contributed by atoms with van der Waals surface area (Å²) in [7, 11) is 0. The Bertz CT molecular complexity index is 1120. The largest absolute Gasteiger partial charge is 0.490 e. The zero-order valence-electron chi connectivity index (χ0n) is 18.4. The summed E-state index contributed by atoms with van der Waals surface area (Å²) in [5.41, 5.74) is 0.486. The Balaban J connectivity index is 1.54. The van der Waals surface area contributed by atoms with Gasteiger partial charge in [-0.05, 0) is 42.8 Å². The van der Waals surface area contributed by atoms with E-state index in [1.165, 1.54) is 6.07 Å². The van der Waals surface area contributed by atoms with Crippen LogP contribution in [0, 0.1) is 0 Å². The fourth-order valence-corrected chi connectivity index (χ4v) is 3.73. The topological polar surface area (TPSA) is 77.1 Å². The number of anilines is 1. The second kappa shape index (κ2) is 9.76. The second-order valence-corrected chi connectivity index (χ2v) is 7.69. The van der Waals surface area contributed by atoms with Gasteiger partial charge in [-0.15, -0.1) is 0 Å². The summed E-state index contributed by atoms with van der Waals surface area (Å²) in [5, 5.41) is 2.48. The zero-order chi connectivity index (χ0) is 24.3. The van der Waals surface area contributed by atoms with Gasteiger partial charge in [0, 0.05) is 29.9 Å². The van der Waals surface area contributed by atoms with E-state index in [0.29, 0.717) is 55.5 Å². The van der Waals surface area contributed by atoms with Crippen molar-refractivity contribution in [2.45, 2.75) is 13.1 Å². The predicted octanol–water partition coefficient (Wildman–Crippen LogP) is 3.83. The Morgan fingerprint density at radius 1 is 1.12 bits per heavy atom. The van der Waals surface area contributed by atoms with Gasteiger partial charge in [0.1, 0.15) is 0 Å². The molecule has 0 bridgehead atoms. The van der Waals surface area contributed by atoms with Crippen molar-refractivity contribution in [2.24, 2.45) is 0 Å². The third-order valence-corrected chi connectivity index (χ3v) is 5.42. The van der Waals surface area contributed by atoms with Crippen molar-refractivity contribution in [2.75, 3.05) is 44.8 Å². The van der Waals surface area contributed by atoms with Gasteiger partial charge in [-0.25, -0.2) is 0 Å². The Labute approximate surface area is 194 Å². The lowest BCUT2D eigenvalue weighted by Crippen LogP contribution is -2.43. The van der Waals surface area contributed by atoms with Crippen molar-refractivity contribution < 1.29 is 37.0 Å². The van der Waals surface area contributed by atoms with Crippen LogP contribution in [0.3, 0.4) is 0 Å². The number of benzene rings is 2. The first-order chi connectivity index (χ1) is 16.3. The van der Waals surface area contributed by atoms with Crippen LogP contribution in [0.4, 0.5) is 18.9 Å². The Morgan fingerprint density at radius 3 is 2.59 bits per heavy atom. The van der Waals surface area contributed by atoms with Crippen LogP contribution >= 0.6 is 0 Å². The molecule has 2 aromatic carbocycles. The third kappa shape index (κ3) is 5.17. The molecule has 2 aliphatic rings. The molecular weight excluding hydrogens is 453 g/mol. The number of carbonyl (C=O) groups is 2. The van der Waals surface area contributed by atoms with Gasteiger partial charge >= 0.3 is 6.18 Å². The van der Waals surface area contributed by atoms with Crippen LogP contribution in [0.2, 0.25) is 0 Å². The van der Waals surface area contributed by atoms with Gasteiger partial charge in [0.05, 0.1) is 25.4 Å². The average Bonchev–Trinajstić information content (AvgIpc) is 3.12. The van der Waals surface area contributed by atoms with E-state index >= 15 is 0 Å². The summed E-state index contributed by atoms with van der Waals surface area (Å²) in [5.74, 6) is 0.104. The van der Waals surface area contributed by atoms with Crippen molar-refractivity contribution in [1.82, 2.24) is 4.90 Å². The zero-order valence-corrected chi connectivity index (χ0v) is 18.4. The molecule has 0 aliphatic carbocycles. The van der Waals surface area contributed by atoms with Gasteiger partial charge in [0.15, 0.2) is 18.1 Å². The number of halogens is 3. The highest BCUT2D eigenvalue weighted by atomic mass is 19.4. The molecule has 0 unspecified atom stereocenters. The molecule has 0 saturated carbocycles. The maximum Gasteiger partial charge on any atom is 0.416 e. The van der Waals surface area contributed by atoms with E-state index < -0.39 is 17.6 Å². The van der Waals surface area contributed by atoms with Crippen LogP contribution in [0.1, 0.15) is 23.6 Å². The smallest absolute Gasteiger partial charge is 0.416 e. The highest BCUT2D eigenvalue weighted by molar-refractivity contribution is 6.35. The molecule has 0 spiro atoms. The standard InChI is InChI=1S/C24H23F3N2O5/c1-2-33-21-12-15(3-6-20(21)34-14-22(30)29-7-9-32-10-8-29)11-18-17-5-4-16(24(25,26)27)13-19(17)28-23(18)31/h3-6,11-13H,2,7-10,14H2,1H3,(H,28,31)/b18-11+. The molecule has 180 valence electrons. The number of rotatable bonds is 6. The molecule has 10 heteroatoms. The summed E-state index contributed by atoms with van der Waals surface area (Å²) in [6.45, 7) is 4.00. The number of amides is 2. The van der Waals surface area contributed by atoms with Gasteiger partial charge in [-0.3, -0.25) is 9.59 Å². The van der Waals surface area contributed by atoms with Crippen molar-refractivity contribution in [3.05, 3.63) is 53.1 Å². The summed E-state index contributed by atoms with van der Waals surface area (Å²) in [6, 6.07) is 8.10. The van der Waals surface area contributed by atoms with Crippen LogP contribution in [-0.4, -0.2) is 56.2 Å². The first-order valence-corrected chi connectivity index (χ1v) is 10.8. The molecule has 2 heterocycles. The Morgan fingerprint density at radius 2 is 1.88 bits per heavy atom. The van der Waals surface area contributed by atoms with Crippen LogP contribution in [0.5, 0.6) is 11.5 Å². The number of nitrogens with one attached hydrogen (secondary N) is 1. The highest BCUT2D eigenvalue weighted by Gasteiger charge is 2.33. The van der Waals surface area contributed by atoms with Crippen LogP contribution in [0.15, 0.2) is 36.4 Å². The lowest BCUT2D eigenvalue weighted by atomic mass is 10.0. The number of fused-ring (bicyclic) bond motifs is 1. The SMILES string of the molecule is CCOc1cc(/C=C2/C(=O)Nc3cc(C(F)(F)F)ccc32)ccc1OCC(=O)N1CCOCC1. The minimum atomic E-state index is -4.50. The molecule has 4 rings (SSSR count). The molecule has 2 aromatic rings. The van der Waals surface area contributed by atoms with E-state index in [0.717, 1.165) is 12.1 Å². The first kappa shape index (κ1) is 23.6. The van der Waals surface area contributed by atoms with Gasteiger partial charge in [-0.1, -0.05) is 12.1 Å². The van der Waals surface area contributed by atoms with Crippen LogP contribution < -0.4 is 14.8 Å².